The van der Waals surface area contributed by atoms with Crippen molar-refractivity contribution in [2.75, 3.05) is 13.2 Å². The second-order valence-electron chi connectivity index (χ2n) is 6.44. The fraction of sp³-hybridized carbons (Fsp3) is 1.00. The Morgan fingerprint density at radius 3 is 1.00 bits per heavy atom. The van der Waals surface area contributed by atoms with Crippen molar-refractivity contribution in [1.29, 1.82) is 0 Å². The highest BCUT2D eigenvalue weighted by Crippen LogP contribution is 2.43. The first-order chi connectivity index (χ1) is 10.7. The SMILES string of the molecule is O=P1(O)OCCCCCCCCCCCCCCCCCO1. The zero-order chi connectivity index (χ0) is 15.9. The zero-order valence-corrected chi connectivity index (χ0v) is 15.0. The van der Waals surface area contributed by atoms with Gasteiger partial charge in [0.2, 0.25) is 0 Å². The van der Waals surface area contributed by atoms with Crippen molar-refractivity contribution in [2.24, 2.45) is 0 Å². The van der Waals surface area contributed by atoms with Gasteiger partial charge in [-0.15, -0.1) is 0 Å². The predicted octanol–water partition coefficient (Wildman–Crippen LogP) is 5.99. The van der Waals surface area contributed by atoms with Gasteiger partial charge in [0.05, 0.1) is 13.2 Å². The lowest BCUT2D eigenvalue weighted by Crippen LogP contribution is -1.99. The van der Waals surface area contributed by atoms with Crippen LogP contribution in [0.3, 0.4) is 0 Å². The Morgan fingerprint density at radius 1 is 0.500 bits per heavy atom. The highest BCUT2D eigenvalue weighted by Gasteiger charge is 2.19. The molecule has 1 aliphatic rings. The zero-order valence-electron chi connectivity index (χ0n) is 14.1. The highest BCUT2D eigenvalue weighted by atomic mass is 31.2. The van der Waals surface area contributed by atoms with Crippen molar-refractivity contribution in [3.63, 3.8) is 0 Å². The topological polar surface area (TPSA) is 55.8 Å². The lowest BCUT2D eigenvalue weighted by Gasteiger charge is -2.12. The van der Waals surface area contributed by atoms with E-state index in [0.717, 1.165) is 25.7 Å². The van der Waals surface area contributed by atoms with Crippen LogP contribution >= 0.6 is 7.82 Å². The molecule has 1 aliphatic heterocycles. The van der Waals surface area contributed by atoms with Gasteiger partial charge in [-0.2, -0.15) is 0 Å². The molecule has 0 spiro atoms. The van der Waals surface area contributed by atoms with Gasteiger partial charge in [-0.1, -0.05) is 83.5 Å². The van der Waals surface area contributed by atoms with E-state index in [9.17, 15) is 9.46 Å². The average molecular weight is 334 g/mol. The predicted molar refractivity (Wildman–Crippen MR) is 91.0 cm³/mol. The molecular weight excluding hydrogens is 299 g/mol. The summed E-state index contributed by atoms with van der Waals surface area (Å²) in [7, 11) is -3.81. The Kier molecular flexibility index (Phi) is 12.4. The van der Waals surface area contributed by atoms with E-state index in [1.54, 1.807) is 0 Å². The molecule has 0 bridgehead atoms. The minimum absolute atomic E-state index is 0.327. The summed E-state index contributed by atoms with van der Waals surface area (Å²) < 4.78 is 21.6. The highest BCUT2D eigenvalue weighted by molar-refractivity contribution is 7.47. The molecule has 132 valence electrons. The summed E-state index contributed by atoms with van der Waals surface area (Å²) >= 11 is 0. The van der Waals surface area contributed by atoms with Crippen LogP contribution in [0.25, 0.3) is 0 Å². The van der Waals surface area contributed by atoms with E-state index >= 15 is 0 Å². The van der Waals surface area contributed by atoms with Crippen LogP contribution in [0.4, 0.5) is 0 Å². The third-order valence-corrected chi connectivity index (χ3v) is 5.32. The molecule has 0 aromatic carbocycles. The molecule has 0 amide bonds. The molecule has 0 radical (unpaired) electrons. The largest absolute Gasteiger partial charge is 0.472 e. The summed E-state index contributed by atoms with van der Waals surface area (Å²) in [6.45, 7) is 0.654. The van der Waals surface area contributed by atoms with Gasteiger partial charge in [-0.25, -0.2) is 4.57 Å². The molecule has 0 aromatic heterocycles. The molecule has 1 fully saturated rings. The number of phosphoric ester groups is 1. The van der Waals surface area contributed by atoms with E-state index in [1.807, 2.05) is 0 Å². The number of rotatable bonds is 0. The normalized spacial score (nSPS) is 25.3. The van der Waals surface area contributed by atoms with E-state index < -0.39 is 7.82 Å². The van der Waals surface area contributed by atoms with E-state index in [-0.39, 0.29) is 0 Å². The maximum Gasteiger partial charge on any atom is 0.472 e. The summed E-state index contributed by atoms with van der Waals surface area (Å²) in [5.74, 6) is 0. The van der Waals surface area contributed by atoms with Crippen LogP contribution in [0.15, 0.2) is 0 Å². The Hall–Kier alpha value is 0.110. The van der Waals surface area contributed by atoms with Crippen LogP contribution in [0, 0.1) is 0 Å². The molecule has 1 rings (SSSR count). The van der Waals surface area contributed by atoms with Crippen molar-refractivity contribution in [2.45, 2.75) is 96.3 Å². The van der Waals surface area contributed by atoms with Gasteiger partial charge < -0.3 is 4.89 Å². The van der Waals surface area contributed by atoms with Gasteiger partial charge in [0, 0.05) is 0 Å². The summed E-state index contributed by atoms with van der Waals surface area (Å²) in [6.07, 6.45) is 18.3. The maximum atomic E-state index is 11.6. The molecule has 5 heteroatoms. The molecule has 1 N–H and O–H groups in total. The number of hydrogen-bond acceptors (Lipinski definition) is 3. The van der Waals surface area contributed by atoms with Crippen molar-refractivity contribution in [3.05, 3.63) is 0 Å². The summed E-state index contributed by atoms with van der Waals surface area (Å²) in [4.78, 5) is 9.55. The van der Waals surface area contributed by atoms with E-state index in [1.165, 1.54) is 70.6 Å². The Labute approximate surface area is 136 Å². The molecule has 0 atom stereocenters. The maximum absolute atomic E-state index is 11.6. The lowest BCUT2D eigenvalue weighted by molar-refractivity contribution is 0.145. The lowest BCUT2D eigenvalue weighted by atomic mass is 10.0. The standard InChI is InChI=1S/C17H35O4P/c18-22(19)20-16-14-12-10-8-6-4-2-1-3-5-7-9-11-13-15-17-21-22/h1-17H2,(H,18,19). The monoisotopic (exact) mass is 334 g/mol. The molecule has 0 aromatic rings. The molecule has 4 nitrogen and oxygen atoms in total. The van der Waals surface area contributed by atoms with E-state index in [0.29, 0.717) is 13.2 Å². The fourth-order valence-electron chi connectivity index (χ4n) is 2.90. The van der Waals surface area contributed by atoms with Crippen molar-refractivity contribution in [1.82, 2.24) is 0 Å². The van der Waals surface area contributed by atoms with Gasteiger partial charge in [-0.05, 0) is 12.8 Å². The van der Waals surface area contributed by atoms with Crippen molar-refractivity contribution < 1.29 is 18.5 Å². The molecule has 0 unspecified atom stereocenters. The molecule has 1 saturated heterocycles. The van der Waals surface area contributed by atoms with Crippen molar-refractivity contribution in [3.8, 4) is 0 Å². The first kappa shape index (κ1) is 20.2. The Bertz CT molecular complexity index is 272. The van der Waals surface area contributed by atoms with Crippen LogP contribution in [-0.4, -0.2) is 18.1 Å². The third kappa shape index (κ3) is 12.6. The third-order valence-electron chi connectivity index (χ3n) is 4.30. The van der Waals surface area contributed by atoms with E-state index in [2.05, 4.69) is 0 Å². The molecule has 1 heterocycles. The minimum Gasteiger partial charge on any atom is -0.302 e. The van der Waals surface area contributed by atoms with Gasteiger partial charge in [-0.3, -0.25) is 9.05 Å². The van der Waals surface area contributed by atoms with Gasteiger partial charge in [0.25, 0.3) is 0 Å². The molecule has 22 heavy (non-hydrogen) atoms. The van der Waals surface area contributed by atoms with Gasteiger partial charge in [0.1, 0.15) is 0 Å². The number of hydrogen-bond donors (Lipinski definition) is 1. The van der Waals surface area contributed by atoms with E-state index in [4.69, 9.17) is 9.05 Å². The second kappa shape index (κ2) is 13.5. The first-order valence-corrected chi connectivity index (χ1v) is 10.8. The van der Waals surface area contributed by atoms with Gasteiger partial charge in [0.15, 0.2) is 0 Å². The second-order valence-corrected chi connectivity index (χ2v) is 7.89. The van der Waals surface area contributed by atoms with Gasteiger partial charge >= 0.3 is 7.82 Å². The summed E-state index contributed by atoms with van der Waals surface area (Å²) in [5.41, 5.74) is 0. The van der Waals surface area contributed by atoms with Crippen LogP contribution in [0.5, 0.6) is 0 Å². The fourth-order valence-corrected chi connectivity index (χ4v) is 3.69. The molecule has 0 saturated carbocycles. The van der Waals surface area contributed by atoms with Crippen LogP contribution in [0.1, 0.15) is 96.3 Å². The number of phosphoric acid groups is 1. The Morgan fingerprint density at radius 2 is 0.727 bits per heavy atom. The summed E-state index contributed by atoms with van der Waals surface area (Å²) in [5, 5.41) is 0. The molecular formula is C17H35O4P. The van der Waals surface area contributed by atoms with Crippen molar-refractivity contribution >= 4 is 7.82 Å². The summed E-state index contributed by atoms with van der Waals surface area (Å²) in [6, 6.07) is 0. The van der Waals surface area contributed by atoms with Crippen LogP contribution in [0.2, 0.25) is 0 Å². The molecule has 0 aliphatic carbocycles. The quantitative estimate of drug-likeness (QED) is 0.553. The Balaban J connectivity index is 2.18. The smallest absolute Gasteiger partial charge is 0.302 e. The van der Waals surface area contributed by atoms with Crippen LogP contribution < -0.4 is 0 Å². The minimum atomic E-state index is -3.81. The van der Waals surface area contributed by atoms with Crippen LogP contribution in [-0.2, 0) is 13.6 Å². The first-order valence-electron chi connectivity index (χ1n) is 9.33. The average Bonchev–Trinajstić information content (AvgIpc) is 2.48.